The van der Waals surface area contributed by atoms with Crippen LogP contribution >= 0.6 is 0 Å². The molecule has 3 aromatic rings. The van der Waals surface area contributed by atoms with Crippen LogP contribution < -0.4 is 5.43 Å². The van der Waals surface area contributed by atoms with Gasteiger partial charge in [-0.2, -0.15) is 0 Å². The van der Waals surface area contributed by atoms with Gasteiger partial charge in [-0.25, -0.2) is 0 Å². The lowest BCUT2D eigenvalue weighted by atomic mass is 9.99. The Morgan fingerprint density at radius 1 is 1.05 bits per heavy atom. The zero-order chi connectivity index (χ0) is 15.7. The highest BCUT2D eigenvalue weighted by Crippen LogP contribution is 2.23. The molecule has 0 radical (unpaired) electrons. The standard InChI is InChI=1S/C19H21NO2/c1-13(2)14-8-9-18-16(12-14)19(21)15-6-4-5-7-17(15)20(18)10-11-22-3/h4-9,12-13H,10-11H2,1-3H3. The van der Waals surface area contributed by atoms with Crippen molar-refractivity contribution in [3.8, 4) is 0 Å². The molecule has 2 aromatic carbocycles. The maximum atomic E-state index is 12.8. The van der Waals surface area contributed by atoms with E-state index in [4.69, 9.17) is 4.74 Å². The van der Waals surface area contributed by atoms with E-state index < -0.39 is 0 Å². The van der Waals surface area contributed by atoms with Crippen LogP contribution in [0.25, 0.3) is 21.8 Å². The van der Waals surface area contributed by atoms with Gasteiger partial charge in [-0.3, -0.25) is 4.79 Å². The van der Waals surface area contributed by atoms with E-state index in [1.807, 2.05) is 30.3 Å². The van der Waals surface area contributed by atoms with Crippen LogP contribution in [0, 0.1) is 0 Å². The molecular formula is C19H21NO2. The van der Waals surface area contributed by atoms with Crippen molar-refractivity contribution < 1.29 is 4.74 Å². The molecule has 0 aliphatic heterocycles. The monoisotopic (exact) mass is 295 g/mol. The first-order chi connectivity index (χ1) is 10.6. The van der Waals surface area contributed by atoms with Gasteiger partial charge in [-0.05, 0) is 35.7 Å². The van der Waals surface area contributed by atoms with Crippen LogP contribution in [0.4, 0.5) is 0 Å². The summed E-state index contributed by atoms with van der Waals surface area (Å²) < 4.78 is 7.42. The highest BCUT2D eigenvalue weighted by atomic mass is 16.5. The summed E-state index contributed by atoms with van der Waals surface area (Å²) >= 11 is 0. The van der Waals surface area contributed by atoms with Crippen LogP contribution in [0.1, 0.15) is 25.3 Å². The van der Waals surface area contributed by atoms with Crippen molar-refractivity contribution in [2.75, 3.05) is 13.7 Å². The zero-order valence-corrected chi connectivity index (χ0v) is 13.3. The van der Waals surface area contributed by atoms with Gasteiger partial charge in [-0.15, -0.1) is 0 Å². The molecule has 0 bridgehead atoms. The largest absolute Gasteiger partial charge is 0.383 e. The summed E-state index contributed by atoms with van der Waals surface area (Å²) in [6, 6.07) is 14.0. The molecule has 0 atom stereocenters. The number of aromatic nitrogens is 1. The number of nitrogens with zero attached hydrogens (tertiary/aromatic N) is 1. The van der Waals surface area contributed by atoms with E-state index in [0.29, 0.717) is 12.5 Å². The Kier molecular flexibility index (Phi) is 3.99. The van der Waals surface area contributed by atoms with Crippen molar-refractivity contribution in [1.29, 1.82) is 0 Å². The van der Waals surface area contributed by atoms with E-state index in [1.165, 1.54) is 5.56 Å². The quantitative estimate of drug-likeness (QED) is 0.683. The topological polar surface area (TPSA) is 31.2 Å². The highest BCUT2D eigenvalue weighted by Gasteiger charge is 2.11. The molecular weight excluding hydrogens is 274 g/mol. The first-order valence-corrected chi connectivity index (χ1v) is 7.67. The van der Waals surface area contributed by atoms with Crippen molar-refractivity contribution in [3.05, 3.63) is 58.3 Å². The average Bonchev–Trinajstić information content (AvgIpc) is 2.54. The first-order valence-electron chi connectivity index (χ1n) is 7.67. The molecule has 22 heavy (non-hydrogen) atoms. The molecule has 0 fully saturated rings. The van der Waals surface area contributed by atoms with Crippen LogP contribution in [0.15, 0.2) is 47.3 Å². The Balaban J connectivity index is 2.40. The molecule has 0 saturated carbocycles. The minimum atomic E-state index is 0.113. The molecule has 3 rings (SSSR count). The normalized spacial score (nSPS) is 11.6. The third-order valence-electron chi connectivity index (χ3n) is 4.18. The van der Waals surface area contributed by atoms with E-state index in [1.54, 1.807) is 7.11 Å². The fraction of sp³-hybridized carbons (Fsp3) is 0.316. The number of ether oxygens (including phenoxy) is 1. The maximum Gasteiger partial charge on any atom is 0.197 e. The minimum Gasteiger partial charge on any atom is -0.383 e. The second-order valence-corrected chi connectivity index (χ2v) is 5.92. The number of benzene rings is 2. The SMILES string of the molecule is COCCn1c2ccccc2c(=O)c2cc(C(C)C)ccc21. The lowest BCUT2D eigenvalue weighted by molar-refractivity contribution is 0.189. The summed E-state index contributed by atoms with van der Waals surface area (Å²) in [5, 5.41) is 1.56. The van der Waals surface area contributed by atoms with Gasteiger partial charge >= 0.3 is 0 Å². The lowest BCUT2D eigenvalue weighted by Gasteiger charge is -2.16. The highest BCUT2D eigenvalue weighted by molar-refractivity contribution is 5.93. The van der Waals surface area contributed by atoms with E-state index in [-0.39, 0.29) is 5.43 Å². The number of hydrogen-bond donors (Lipinski definition) is 0. The summed E-state index contributed by atoms with van der Waals surface area (Å²) in [6.07, 6.45) is 0. The smallest absolute Gasteiger partial charge is 0.197 e. The van der Waals surface area contributed by atoms with Crippen molar-refractivity contribution >= 4 is 21.8 Å². The van der Waals surface area contributed by atoms with Gasteiger partial charge in [0.1, 0.15) is 0 Å². The summed E-state index contributed by atoms with van der Waals surface area (Å²) in [5.41, 5.74) is 3.25. The molecule has 3 heteroatoms. The summed E-state index contributed by atoms with van der Waals surface area (Å²) in [6.45, 7) is 5.64. The predicted octanol–water partition coefficient (Wildman–Crippen LogP) is 3.92. The van der Waals surface area contributed by atoms with Crippen LogP contribution in [0.2, 0.25) is 0 Å². The molecule has 114 valence electrons. The van der Waals surface area contributed by atoms with Gasteiger partial charge in [0.15, 0.2) is 5.43 Å². The summed E-state index contributed by atoms with van der Waals surface area (Å²) in [7, 11) is 1.70. The van der Waals surface area contributed by atoms with Crippen LogP contribution in [0.3, 0.4) is 0 Å². The minimum absolute atomic E-state index is 0.113. The zero-order valence-electron chi connectivity index (χ0n) is 13.3. The first kappa shape index (κ1) is 14.8. The Morgan fingerprint density at radius 3 is 2.50 bits per heavy atom. The molecule has 0 aliphatic carbocycles. The van der Waals surface area contributed by atoms with Crippen molar-refractivity contribution in [2.24, 2.45) is 0 Å². The number of hydrogen-bond acceptors (Lipinski definition) is 2. The van der Waals surface area contributed by atoms with E-state index >= 15 is 0 Å². The van der Waals surface area contributed by atoms with Gasteiger partial charge in [0.25, 0.3) is 0 Å². The fourth-order valence-corrected chi connectivity index (χ4v) is 2.93. The molecule has 1 heterocycles. The lowest BCUT2D eigenvalue weighted by Crippen LogP contribution is -2.14. The number of rotatable bonds is 4. The molecule has 0 saturated heterocycles. The molecule has 0 amide bonds. The van der Waals surface area contributed by atoms with Crippen molar-refractivity contribution in [3.63, 3.8) is 0 Å². The van der Waals surface area contributed by atoms with Crippen molar-refractivity contribution in [2.45, 2.75) is 26.3 Å². The van der Waals surface area contributed by atoms with Gasteiger partial charge in [-0.1, -0.05) is 32.0 Å². The molecule has 0 N–H and O–H groups in total. The van der Waals surface area contributed by atoms with Gasteiger partial charge in [0.05, 0.1) is 17.6 Å². The number of pyridine rings is 1. The Morgan fingerprint density at radius 2 is 1.77 bits per heavy atom. The third-order valence-corrected chi connectivity index (χ3v) is 4.18. The Bertz CT molecular complexity index is 878. The Hall–Kier alpha value is -2.13. The third kappa shape index (κ3) is 2.42. The van der Waals surface area contributed by atoms with Crippen LogP contribution in [0.5, 0.6) is 0 Å². The Labute approximate surface area is 130 Å². The maximum absolute atomic E-state index is 12.8. The fourth-order valence-electron chi connectivity index (χ4n) is 2.93. The van der Waals surface area contributed by atoms with Crippen LogP contribution in [-0.2, 0) is 11.3 Å². The summed E-state index contributed by atoms with van der Waals surface area (Å²) in [4.78, 5) is 12.8. The predicted molar refractivity (Wildman–Crippen MR) is 91.7 cm³/mol. The average molecular weight is 295 g/mol. The second-order valence-electron chi connectivity index (χ2n) is 5.92. The number of fused-ring (bicyclic) bond motifs is 2. The number of methoxy groups -OCH3 is 1. The molecule has 0 aliphatic rings. The molecule has 1 aromatic heterocycles. The number of para-hydroxylation sites is 1. The van der Waals surface area contributed by atoms with Gasteiger partial charge in [0.2, 0.25) is 0 Å². The molecule has 0 spiro atoms. The summed E-state index contributed by atoms with van der Waals surface area (Å²) in [5.74, 6) is 0.405. The van der Waals surface area contributed by atoms with Gasteiger partial charge < -0.3 is 9.30 Å². The van der Waals surface area contributed by atoms with Gasteiger partial charge in [0, 0.05) is 24.4 Å². The van der Waals surface area contributed by atoms with Crippen LogP contribution in [-0.4, -0.2) is 18.3 Å². The molecule has 0 unspecified atom stereocenters. The van der Waals surface area contributed by atoms with E-state index in [0.717, 1.165) is 28.4 Å². The second kappa shape index (κ2) is 5.93. The molecule has 3 nitrogen and oxygen atoms in total. The van der Waals surface area contributed by atoms with E-state index in [2.05, 4.69) is 30.5 Å². The van der Waals surface area contributed by atoms with Crippen molar-refractivity contribution in [1.82, 2.24) is 4.57 Å². The van der Waals surface area contributed by atoms with E-state index in [9.17, 15) is 4.79 Å².